The van der Waals surface area contributed by atoms with Gasteiger partial charge in [0.15, 0.2) is 0 Å². The van der Waals surface area contributed by atoms with Crippen LogP contribution in [0.5, 0.6) is 0 Å². The van der Waals surface area contributed by atoms with Crippen LogP contribution in [0.25, 0.3) is 11.4 Å². The van der Waals surface area contributed by atoms with E-state index in [4.69, 9.17) is 10.2 Å². The minimum atomic E-state index is -1.05. The van der Waals surface area contributed by atoms with E-state index in [9.17, 15) is 9.59 Å². The van der Waals surface area contributed by atoms with Crippen LogP contribution in [0.15, 0.2) is 36.7 Å². The summed E-state index contributed by atoms with van der Waals surface area (Å²) in [5.41, 5.74) is 1.13. The van der Waals surface area contributed by atoms with Crippen molar-refractivity contribution in [2.75, 3.05) is 0 Å². The highest BCUT2D eigenvalue weighted by atomic mass is 16.4. The quantitative estimate of drug-likeness (QED) is 0.849. The van der Waals surface area contributed by atoms with Gasteiger partial charge in [-0.1, -0.05) is 0 Å². The average molecular weight is 244 g/mol. The molecule has 0 aliphatic heterocycles. The number of hydrogen-bond acceptors (Lipinski definition) is 4. The summed E-state index contributed by atoms with van der Waals surface area (Å²) in [6, 6.07) is 5.87. The van der Waals surface area contributed by atoms with E-state index >= 15 is 0 Å². The number of nitrogens with zero attached hydrogens (tertiary/aromatic N) is 2. The minimum absolute atomic E-state index is 0.0842. The van der Waals surface area contributed by atoms with Gasteiger partial charge in [0.05, 0.1) is 22.5 Å². The second-order valence-corrected chi connectivity index (χ2v) is 3.47. The van der Waals surface area contributed by atoms with Crippen LogP contribution in [-0.2, 0) is 0 Å². The maximum Gasteiger partial charge on any atom is 0.337 e. The summed E-state index contributed by atoms with van der Waals surface area (Å²) in [6.07, 6.45) is 2.45. The first-order valence-corrected chi connectivity index (χ1v) is 4.97. The molecule has 2 rings (SSSR count). The van der Waals surface area contributed by atoms with Crippen LogP contribution in [0.3, 0.4) is 0 Å². The summed E-state index contributed by atoms with van der Waals surface area (Å²) < 4.78 is 0. The molecule has 6 nitrogen and oxygen atoms in total. The van der Waals surface area contributed by atoms with Gasteiger partial charge in [0.1, 0.15) is 0 Å². The molecule has 0 amide bonds. The number of aromatic carboxylic acids is 2. The lowest BCUT2D eigenvalue weighted by Gasteiger charge is -2.01. The smallest absolute Gasteiger partial charge is 0.337 e. The van der Waals surface area contributed by atoms with Crippen molar-refractivity contribution < 1.29 is 19.8 Å². The zero-order valence-electron chi connectivity index (χ0n) is 9.07. The summed E-state index contributed by atoms with van der Waals surface area (Å²) in [5, 5.41) is 17.4. The van der Waals surface area contributed by atoms with Crippen molar-refractivity contribution in [3.8, 4) is 11.4 Å². The van der Waals surface area contributed by atoms with Crippen molar-refractivity contribution in [2.45, 2.75) is 0 Å². The molecule has 0 aliphatic rings. The summed E-state index contributed by atoms with van der Waals surface area (Å²) >= 11 is 0. The van der Waals surface area contributed by atoms with E-state index in [1.165, 1.54) is 36.7 Å². The first kappa shape index (κ1) is 11.7. The SMILES string of the molecule is O=C(O)c1ccc(-c2ccc(C(=O)O)cn2)nc1. The molecule has 2 heterocycles. The number of carboxylic acid groups (broad SMARTS) is 2. The van der Waals surface area contributed by atoms with Crippen LogP contribution >= 0.6 is 0 Å². The molecular weight excluding hydrogens is 236 g/mol. The van der Waals surface area contributed by atoms with Gasteiger partial charge in [-0.15, -0.1) is 0 Å². The molecule has 2 N–H and O–H groups in total. The summed E-state index contributed by atoms with van der Waals surface area (Å²) in [5.74, 6) is -2.11. The molecule has 0 aromatic carbocycles. The van der Waals surface area contributed by atoms with Gasteiger partial charge < -0.3 is 10.2 Å². The molecule has 0 spiro atoms. The third-order valence-electron chi connectivity index (χ3n) is 2.28. The van der Waals surface area contributed by atoms with Gasteiger partial charge in [0.2, 0.25) is 0 Å². The fourth-order valence-electron chi connectivity index (χ4n) is 1.34. The summed E-state index contributed by atoms with van der Waals surface area (Å²) in [4.78, 5) is 29.2. The number of carbonyl (C=O) groups is 2. The lowest BCUT2D eigenvalue weighted by molar-refractivity contribution is 0.0685. The molecule has 0 bridgehead atoms. The topological polar surface area (TPSA) is 100 Å². The molecule has 2 aromatic rings. The Kier molecular flexibility index (Phi) is 3.01. The molecule has 0 saturated carbocycles. The maximum atomic E-state index is 10.6. The number of hydrogen-bond donors (Lipinski definition) is 2. The normalized spacial score (nSPS) is 10.0. The van der Waals surface area contributed by atoms with Gasteiger partial charge in [-0.05, 0) is 24.3 Å². The highest BCUT2D eigenvalue weighted by molar-refractivity contribution is 5.88. The number of aromatic nitrogens is 2. The average Bonchev–Trinajstić information content (AvgIpc) is 2.39. The van der Waals surface area contributed by atoms with E-state index in [1.54, 1.807) is 0 Å². The highest BCUT2D eigenvalue weighted by Gasteiger charge is 2.07. The molecule has 0 atom stereocenters. The fourth-order valence-corrected chi connectivity index (χ4v) is 1.34. The van der Waals surface area contributed by atoms with Crippen LogP contribution in [0.4, 0.5) is 0 Å². The molecule has 90 valence electrons. The van der Waals surface area contributed by atoms with Gasteiger partial charge in [0, 0.05) is 12.4 Å². The van der Waals surface area contributed by atoms with Crippen LogP contribution in [0.2, 0.25) is 0 Å². The third-order valence-corrected chi connectivity index (χ3v) is 2.28. The Balaban J connectivity index is 2.31. The zero-order valence-corrected chi connectivity index (χ0v) is 9.07. The summed E-state index contributed by atoms with van der Waals surface area (Å²) in [7, 11) is 0. The maximum absolute atomic E-state index is 10.6. The molecule has 2 aromatic heterocycles. The van der Waals surface area contributed by atoms with Crippen LogP contribution in [-0.4, -0.2) is 32.1 Å². The zero-order chi connectivity index (χ0) is 13.1. The van der Waals surface area contributed by atoms with Gasteiger partial charge >= 0.3 is 11.9 Å². The van der Waals surface area contributed by atoms with Gasteiger partial charge in [-0.3, -0.25) is 9.97 Å². The molecule has 0 saturated heterocycles. The number of carboxylic acids is 2. The molecule has 0 aliphatic carbocycles. The number of pyridine rings is 2. The monoisotopic (exact) mass is 244 g/mol. The van der Waals surface area contributed by atoms with E-state index in [0.717, 1.165) is 0 Å². The Morgan fingerprint density at radius 3 is 1.39 bits per heavy atom. The van der Waals surface area contributed by atoms with Crippen molar-refractivity contribution >= 4 is 11.9 Å². The van der Waals surface area contributed by atoms with Crippen LogP contribution in [0, 0.1) is 0 Å². The Hall–Kier alpha value is -2.76. The number of rotatable bonds is 3. The van der Waals surface area contributed by atoms with Gasteiger partial charge in [-0.2, -0.15) is 0 Å². The Morgan fingerprint density at radius 2 is 1.17 bits per heavy atom. The minimum Gasteiger partial charge on any atom is -0.478 e. The lowest BCUT2D eigenvalue weighted by Crippen LogP contribution is -1.99. The van der Waals surface area contributed by atoms with Crippen LogP contribution in [0.1, 0.15) is 20.7 Å². The molecule has 0 fully saturated rings. The lowest BCUT2D eigenvalue weighted by atomic mass is 10.2. The van der Waals surface area contributed by atoms with Crippen molar-refractivity contribution in [3.05, 3.63) is 47.8 Å². The van der Waals surface area contributed by atoms with Crippen molar-refractivity contribution in [3.63, 3.8) is 0 Å². The first-order valence-electron chi connectivity index (χ1n) is 4.97. The summed E-state index contributed by atoms with van der Waals surface area (Å²) in [6.45, 7) is 0. The van der Waals surface area contributed by atoms with E-state index < -0.39 is 11.9 Å². The highest BCUT2D eigenvalue weighted by Crippen LogP contribution is 2.14. The van der Waals surface area contributed by atoms with Crippen molar-refractivity contribution in [1.82, 2.24) is 9.97 Å². The second-order valence-electron chi connectivity index (χ2n) is 3.47. The molecular formula is C12H8N2O4. The first-order chi connectivity index (χ1) is 8.58. The Labute approximate surface area is 102 Å². The largest absolute Gasteiger partial charge is 0.478 e. The molecule has 18 heavy (non-hydrogen) atoms. The van der Waals surface area contributed by atoms with E-state index in [2.05, 4.69) is 9.97 Å². The molecule has 0 radical (unpaired) electrons. The standard InChI is InChI=1S/C12H8N2O4/c15-11(16)7-1-3-9(13-5-7)10-4-2-8(6-14-10)12(17)18/h1-6H,(H,15,16)(H,17,18). The molecule has 0 unspecified atom stereocenters. The molecule has 6 heteroatoms. The second kappa shape index (κ2) is 4.62. The van der Waals surface area contributed by atoms with Gasteiger partial charge in [0.25, 0.3) is 0 Å². The van der Waals surface area contributed by atoms with E-state index in [0.29, 0.717) is 11.4 Å². The van der Waals surface area contributed by atoms with E-state index in [1.807, 2.05) is 0 Å². The Morgan fingerprint density at radius 1 is 0.778 bits per heavy atom. The predicted octanol–water partition coefficient (Wildman–Crippen LogP) is 1.54. The third kappa shape index (κ3) is 2.32. The van der Waals surface area contributed by atoms with Gasteiger partial charge in [-0.25, -0.2) is 9.59 Å². The van der Waals surface area contributed by atoms with Crippen LogP contribution < -0.4 is 0 Å². The predicted molar refractivity (Wildman–Crippen MR) is 61.4 cm³/mol. The van der Waals surface area contributed by atoms with Crippen molar-refractivity contribution in [2.24, 2.45) is 0 Å². The van der Waals surface area contributed by atoms with Crippen molar-refractivity contribution in [1.29, 1.82) is 0 Å². The Bertz CT molecular complexity index is 535. The van der Waals surface area contributed by atoms with E-state index in [-0.39, 0.29) is 11.1 Å². The fraction of sp³-hybridized carbons (Fsp3) is 0.